The molecular formula is C15H19ClN4O. The SMILES string of the molecule is COc1ccc2nc(CCl)n(C3CCN(C4CC4)C3)c2n1. The Balaban J connectivity index is 1.74. The summed E-state index contributed by atoms with van der Waals surface area (Å²) in [6.45, 7) is 2.25. The van der Waals surface area contributed by atoms with Crippen molar-refractivity contribution in [1.29, 1.82) is 0 Å². The largest absolute Gasteiger partial charge is 0.481 e. The molecule has 0 aromatic carbocycles. The van der Waals surface area contributed by atoms with Crippen LogP contribution < -0.4 is 4.74 Å². The van der Waals surface area contributed by atoms with Gasteiger partial charge in [-0.25, -0.2) is 4.98 Å². The Morgan fingerprint density at radius 1 is 1.24 bits per heavy atom. The molecule has 4 rings (SSSR count). The number of halogens is 1. The van der Waals surface area contributed by atoms with Crippen LogP contribution in [0.1, 0.15) is 31.1 Å². The lowest BCUT2D eigenvalue weighted by Gasteiger charge is -2.17. The fourth-order valence-corrected chi connectivity index (χ4v) is 3.53. The topological polar surface area (TPSA) is 43.2 Å². The van der Waals surface area contributed by atoms with Gasteiger partial charge in [0.05, 0.1) is 19.0 Å². The number of ether oxygens (including phenoxy) is 1. The van der Waals surface area contributed by atoms with Gasteiger partial charge in [0, 0.05) is 25.2 Å². The van der Waals surface area contributed by atoms with Gasteiger partial charge in [-0.3, -0.25) is 4.90 Å². The molecule has 0 spiro atoms. The first kappa shape index (κ1) is 13.3. The molecule has 0 radical (unpaired) electrons. The molecule has 3 heterocycles. The molecule has 2 aliphatic rings. The van der Waals surface area contributed by atoms with E-state index in [1.54, 1.807) is 7.11 Å². The lowest BCUT2D eigenvalue weighted by Crippen LogP contribution is -2.24. The fraction of sp³-hybridized carbons (Fsp3) is 0.600. The molecule has 2 fully saturated rings. The van der Waals surface area contributed by atoms with Crippen molar-refractivity contribution in [3.63, 3.8) is 0 Å². The zero-order valence-electron chi connectivity index (χ0n) is 12.1. The van der Waals surface area contributed by atoms with Gasteiger partial charge in [-0.1, -0.05) is 0 Å². The number of imidazole rings is 1. The summed E-state index contributed by atoms with van der Waals surface area (Å²) >= 11 is 6.11. The van der Waals surface area contributed by atoms with E-state index >= 15 is 0 Å². The van der Waals surface area contributed by atoms with E-state index in [0.717, 1.165) is 36.0 Å². The maximum atomic E-state index is 6.11. The van der Waals surface area contributed by atoms with E-state index < -0.39 is 0 Å². The summed E-state index contributed by atoms with van der Waals surface area (Å²) in [6.07, 6.45) is 3.85. The van der Waals surface area contributed by atoms with Crippen molar-refractivity contribution < 1.29 is 4.74 Å². The molecule has 1 unspecified atom stereocenters. The molecule has 6 heteroatoms. The average molecular weight is 307 g/mol. The predicted octanol–water partition coefficient (Wildman–Crippen LogP) is 2.59. The maximum Gasteiger partial charge on any atom is 0.215 e. The molecular weight excluding hydrogens is 288 g/mol. The highest BCUT2D eigenvalue weighted by atomic mass is 35.5. The summed E-state index contributed by atoms with van der Waals surface area (Å²) in [5.41, 5.74) is 1.80. The Morgan fingerprint density at radius 2 is 2.10 bits per heavy atom. The first-order chi connectivity index (χ1) is 10.3. The molecule has 21 heavy (non-hydrogen) atoms. The van der Waals surface area contributed by atoms with Crippen LogP contribution in [0.2, 0.25) is 0 Å². The van der Waals surface area contributed by atoms with E-state index in [2.05, 4.69) is 19.4 Å². The Bertz CT molecular complexity index is 667. The van der Waals surface area contributed by atoms with Gasteiger partial charge >= 0.3 is 0 Å². The highest BCUT2D eigenvalue weighted by Crippen LogP contribution is 2.35. The number of pyridine rings is 1. The van der Waals surface area contributed by atoms with Gasteiger partial charge in [-0.2, -0.15) is 4.98 Å². The van der Waals surface area contributed by atoms with Crippen LogP contribution in [-0.2, 0) is 5.88 Å². The summed E-state index contributed by atoms with van der Waals surface area (Å²) in [7, 11) is 1.64. The number of rotatable bonds is 4. The highest BCUT2D eigenvalue weighted by molar-refractivity contribution is 6.16. The smallest absolute Gasteiger partial charge is 0.215 e. The second kappa shape index (κ2) is 5.14. The van der Waals surface area contributed by atoms with Gasteiger partial charge in [0.15, 0.2) is 5.65 Å². The maximum absolute atomic E-state index is 6.11. The first-order valence-corrected chi connectivity index (χ1v) is 8.05. The number of hydrogen-bond acceptors (Lipinski definition) is 4. The van der Waals surface area contributed by atoms with Crippen molar-refractivity contribution in [2.24, 2.45) is 0 Å². The molecule has 0 bridgehead atoms. The van der Waals surface area contributed by atoms with E-state index in [-0.39, 0.29) is 0 Å². The number of alkyl halides is 1. The van der Waals surface area contributed by atoms with Gasteiger partial charge < -0.3 is 9.30 Å². The monoisotopic (exact) mass is 306 g/mol. The lowest BCUT2D eigenvalue weighted by molar-refractivity contribution is 0.313. The molecule has 1 aliphatic heterocycles. The van der Waals surface area contributed by atoms with Gasteiger partial charge in [0.25, 0.3) is 0 Å². The molecule has 2 aromatic heterocycles. The molecule has 1 aliphatic carbocycles. The lowest BCUT2D eigenvalue weighted by atomic mass is 10.2. The number of hydrogen-bond donors (Lipinski definition) is 0. The van der Waals surface area contributed by atoms with Crippen molar-refractivity contribution in [2.75, 3.05) is 20.2 Å². The van der Waals surface area contributed by atoms with E-state index in [0.29, 0.717) is 17.8 Å². The Morgan fingerprint density at radius 3 is 2.81 bits per heavy atom. The third kappa shape index (κ3) is 2.28. The predicted molar refractivity (Wildman–Crippen MR) is 81.9 cm³/mol. The summed E-state index contributed by atoms with van der Waals surface area (Å²) in [5, 5.41) is 0. The standard InChI is InChI=1S/C15H19ClN4O/c1-21-14-5-4-12-15(18-14)20(13(8-16)17-12)11-6-7-19(9-11)10-2-3-10/h4-5,10-11H,2-3,6-9H2,1H3. The van der Waals surface area contributed by atoms with Crippen LogP contribution in [0, 0.1) is 0 Å². The van der Waals surface area contributed by atoms with Crippen LogP contribution in [0.4, 0.5) is 0 Å². The number of nitrogens with zero attached hydrogens (tertiary/aromatic N) is 4. The van der Waals surface area contributed by atoms with E-state index in [9.17, 15) is 0 Å². The van der Waals surface area contributed by atoms with Gasteiger partial charge in [-0.05, 0) is 25.3 Å². The van der Waals surface area contributed by atoms with Crippen molar-refractivity contribution in [1.82, 2.24) is 19.4 Å². The fourth-order valence-electron chi connectivity index (χ4n) is 3.35. The summed E-state index contributed by atoms with van der Waals surface area (Å²) in [5.74, 6) is 1.95. The zero-order chi connectivity index (χ0) is 14.4. The van der Waals surface area contributed by atoms with Crippen molar-refractivity contribution in [3.8, 4) is 5.88 Å². The Kier molecular flexibility index (Phi) is 3.27. The summed E-state index contributed by atoms with van der Waals surface area (Å²) in [4.78, 5) is 11.8. The second-order valence-corrected chi connectivity index (χ2v) is 6.16. The minimum atomic E-state index is 0.415. The normalized spacial score (nSPS) is 23.0. The van der Waals surface area contributed by atoms with Crippen molar-refractivity contribution in [2.45, 2.75) is 37.2 Å². The van der Waals surface area contributed by atoms with Crippen LogP contribution in [0.25, 0.3) is 11.2 Å². The minimum absolute atomic E-state index is 0.415. The molecule has 112 valence electrons. The van der Waals surface area contributed by atoms with Crippen LogP contribution in [0.5, 0.6) is 5.88 Å². The Labute approximate surface area is 128 Å². The molecule has 0 amide bonds. The third-order valence-electron chi connectivity index (χ3n) is 4.54. The number of likely N-dealkylation sites (tertiary alicyclic amines) is 1. The number of aromatic nitrogens is 3. The quantitative estimate of drug-likeness (QED) is 0.814. The van der Waals surface area contributed by atoms with E-state index in [4.69, 9.17) is 16.3 Å². The number of methoxy groups -OCH3 is 1. The van der Waals surface area contributed by atoms with Crippen LogP contribution in [0.15, 0.2) is 12.1 Å². The second-order valence-electron chi connectivity index (χ2n) is 5.90. The Hall–Kier alpha value is -1.33. The van der Waals surface area contributed by atoms with Gasteiger partial charge in [-0.15, -0.1) is 11.6 Å². The van der Waals surface area contributed by atoms with Crippen LogP contribution in [-0.4, -0.2) is 45.7 Å². The van der Waals surface area contributed by atoms with E-state index in [1.165, 1.54) is 19.4 Å². The molecule has 5 nitrogen and oxygen atoms in total. The van der Waals surface area contributed by atoms with Gasteiger partial charge in [0.2, 0.25) is 5.88 Å². The minimum Gasteiger partial charge on any atom is -0.481 e. The van der Waals surface area contributed by atoms with E-state index in [1.807, 2.05) is 12.1 Å². The third-order valence-corrected chi connectivity index (χ3v) is 4.78. The molecule has 1 saturated carbocycles. The molecule has 2 aromatic rings. The summed E-state index contributed by atoms with van der Waals surface area (Å²) in [6, 6.07) is 5.04. The first-order valence-electron chi connectivity index (χ1n) is 7.52. The van der Waals surface area contributed by atoms with Gasteiger partial charge in [0.1, 0.15) is 11.3 Å². The van der Waals surface area contributed by atoms with Crippen LogP contribution >= 0.6 is 11.6 Å². The highest BCUT2D eigenvalue weighted by Gasteiger charge is 2.36. The van der Waals surface area contributed by atoms with Crippen molar-refractivity contribution in [3.05, 3.63) is 18.0 Å². The average Bonchev–Trinajstić information content (AvgIpc) is 3.14. The molecule has 1 atom stereocenters. The zero-order valence-corrected chi connectivity index (χ0v) is 12.9. The summed E-state index contributed by atoms with van der Waals surface area (Å²) < 4.78 is 7.49. The number of fused-ring (bicyclic) bond motifs is 1. The van der Waals surface area contributed by atoms with Crippen LogP contribution in [0.3, 0.4) is 0 Å². The van der Waals surface area contributed by atoms with Crippen molar-refractivity contribution >= 4 is 22.8 Å². The molecule has 1 saturated heterocycles. The molecule has 0 N–H and O–H groups in total.